The second-order valence-corrected chi connectivity index (χ2v) is 8.11. The van der Waals surface area contributed by atoms with Crippen LogP contribution in [0.2, 0.25) is 0 Å². The number of hydrogen-bond donors (Lipinski definition) is 1. The molecular formula is C20H22F2N6O3S. The van der Waals surface area contributed by atoms with Crippen LogP contribution in [-0.4, -0.2) is 55.5 Å². The summed E-state index contributed by atoms with van der Waals surface area (Å²) in [7, 11) is 1.82. The van der Waals surface area contributed by atoms with Gasteiger partial charge in [-0.05, 0) is 25.0 Å². The molecule has 1 unspecified atom stereocenters. The number of carbonyl (C=O) groups is 1. The molecule has 4 rings (SSSR count). The normalized spacial score (nSPS) is 15.9. The number of benzene rings is 1. The van der Waals surface area contributed by atoms with Gasteiger partial charge in [-0.15, -0.1) is 10.2 Å². The number of ether oxygens (including phenoxy) is 2. The molecular weight excluding hydrogens is 442 g/mol. The zero-order valence-corrected chi connectivity index (χ0v) is 18.1. The molecule has 1 atom stereocenters. The number of nitrogens with zero attached hydrogens (tertiary/aromatic N) is 5. The van der Waals surface area contributed by atoms with E-state index in [4.69, 9.17) is 4.74 Å². The lowest BCUT2D eigenvalue weighted by Gasteiger charge is -2.14. The topological polar surface area (TPSA) is 96.1 Å². The van der Waals surface area contributed by atoms with Gasteiger partial charge in [0.2, 0.25) is 5.91 Å². The van der Waals surface area contributed by atoms with E-state index in [1.807, 2.05) is 17.8 Å². The number of hydrogen-bond acceptors (Lipinski definition) is 7. The van der Waals surface area contributed by atoms with Gasteiger partial charge in [0.05, 0.1) is 35.8 Å². The molecule has 0 saturated carbocycles. The molecule has 32 heavy (non-hydrogen) atoms. The highest BCUT2D eigenvalue weighted by molar-refractivity contribution is 7.99. The zero-order chi connectivity index (χ0) is 22.5. The third kappa shape index (κ3) is 5.43. The number of nitrogens with one attached hydrogen (secondary N) is 1. The van der Waals surface area contributed by atoms with Crippen molar-refractivity contribution >= 4 is 23.4 Å². The molecule has 1 N–H and O–H groups in total. The maximum atomic E-state index is 12.6. The van der Waals surface area contributed by atoms with Gasteiger partial charge in [-0.25, -0.2) is 0 Å². The van der Waals surface area contributed by atoms with Crippen molar-refractivity contribution in [3.8, 4) is 17.1 Å². The molecule has 170 valence electrons. The lowest BCUT2D eigenvalue weighted by atomic mass is 10.2. The molecule has 0 spiro atoms. The van der Waals surface area contributed by atoms with Crippen LogP contribution in [0, 0.1) is 0 Å². The van der Waals surface area contributed by atoms with E-state index in [0.29, 0.717) is 17.5 Å². The van der Waals surface area contributed by atoms with Gasteiger partial charge in [0.1, 0.15) is 5.75 Å². The predicted molar refractivity (Wildman–Crippen MR) is 114 cm³/mol. The number of halogens is 2. The summed E-state index contributed by atoms with van der Waals surface area (Å²) in [5.74, 6) is 0.183. The SMILES string of the molecule is Cn1cc(-c2nnc(SCC(=O)Nc3ccccc3OC(F)F)n2CC2CCCO2)cn1. The fourth-order valence-corrected chi connectivity index (χ4v) is 4.14. The Morgan fingerprint density at radius 2 is 2.22 bits per heavy atom. The molecule has 12 heteroatoms. The van der Waals surface area contributed by atoms with Crippen molar-refractivity contribution in [2.75, 3.05) is 17.7 Å². The van der Waals surface area contributed by atoms with Crippen LogP contribution in [0.3, 0.4) is 0 Å². The molecule has 0 aliphatic carbocycles. The van der Waals surface area contributed by atoms with Crippen molar-refractivity contribution < 1.29 is 23.0 Å². The van der Waals surface area contributed by atoms with E-state index >= 15 is 0 Å². The Labute approximate surface area is 187 Å². The summed E-state index contributed by atoms with van der Waals surface area (Å²) in [6, 6.07) is 6.04. The Balaban J connectivity index is 1.47. The Hall–Kier alpha value is -2.99. The van der Waals surface area contributed by atoms with Crippen molar-refractivity contribution in [2.24, 2.45) is 7.05 Å². The third-order valence-corrected chi connectivity index (χ3v) is 5.77. The average Bonchev–Trinajstić information content (AvgIpc) is 3.50. The van der Waals surface area contributed by atoms with Gasteiger partial charge in [0, 0.05) is 19.9 Å². The quantitative estimate of drug-likeness (QED) is 0.486. The average molecular weight is 464 g/mol. The van der Waals surface area contributed by atoms with Gasteiger partial charge in [-0.3, -0.25) is 14.0 Å². The maximum absolute atomic E-state index is 12.6. The molecule has 1 aliphatic heterocycles. The molecule has 3 aromatic rings. The summed E-state index contributed by atoms with van der Waals surface area (Å²) >= 11 is 1.21. The van der Waals surface area contributed by atoms with E-state index in [0.717, 1.165) is 25.0 Å². The molecule has 1 saturated heterocycles. The van der Waals surface area contributed by atoms with Crippen molar-refractivity contribution in [1.82, 2.24) is 24.5 Å². The van der Waals surface area contributed by atoms with Gasteiger partial charge in [0.25, 0.3) is 0 Å². The first-order valence-corrected chi connectivity index (χ1v) is 11.0. The lowest BCUT2D eigenvalue weighted by molar-refractivity contribution is -0.113. The number of aryl methyl sites for hydroxylation is 1. The van der Waals surface area contributed by atoms with Gasteiger partial charge in [-0.1, -0.05) is 23.9 Å². The van der Waals surface area contributed by atoms with Gasteiger partial charge in [0.15, 0.2) is 11.0 Å². The number of thioether (sulfide) groups is 1. The molecule has 3 heterocycles. The van der Waals surface area contributed by atoms with Crippen molar-refractivity contribution in [3.05, 3.63) is 36.7 Å². The van der Waals surface area contributed by atoms with Gasteiger partial charge < -0.3 is 14.8 Å². The second-order valence-electron chi connectivity index (χ2n) is 7.17. The lowest BCUT2D eigenvalue weighted by Crippen LogP contribution is -2.18. The number of alkyl halides is 2. The monoisotopic (exact) mass is 464 g/mol. The first-order chi connectivity index (χ1) is 15.5. The van der Waals surface area contributed by atoms with Crippen LogP contribution in [0.15, 0.2) is 41.8 Å². The van der Waals surface area contributed by atoms with E-state index in [2.05, 4.69) is 25.3 Å². The van der Waals surface area contributed by atoms with Crippen LogP contribution < -0.4 is 10.1 Å². The second kappa shape index (κ2) is 10.1. The molecule has 1 amide bonds. The van der Waals surface area contributed by atoms with E-state index in [1.165, 1.54) is 23.9 Å². The predicted octanol–water partition coefficient (Wildman–Crippen LogP) is 3.19. The maximum Gasteiger partial charge on any atom is 0.387 e. The highest BCUT2D eigenvalue weighted by Gasteiger charge is 2.23. The van der Waals surface area contributed by atoms with Crippen molar-refractivity contribution in [2.45, 2.75) is 37.3 Å². The largest absolute Gasteiger partial charge is 0.433 e. The third-order valence-electron chi connectivity index (χ3n) is 4.80. The summed E-state index contributed by atoms with van der Waals surface area (Å²) in [4.78, 5) is 12.5. The van der Waals surface area contributed by atoms with E-state index in [-0.39, 0.29) is 29.2 Å². The number of carbonyl (C=O) groups excluding carboxylic acids is 1. The minimum atomic E-state index is -2.98. The summed E-state index contributed by atoms with van der Waals surface area (Å²) in [5, 5.41) is 15.9. The Kier molecular flexibility index (Phi) is 7.00. The molecule has 9 nitrogen and oxygen atoms in total. The van der Waals surface area contributed by atoms with Crippen molar-refractivity contribution in [1.29, 1.82) is 0 Å². The minimum Gasteiger partial charge on any atom is -0.433 e. The number of rotatable bonds is 9. The smallest absolute Gasteiger partial charge is 0.387 e. The van der Waals surface area contributed by atoms with Crippen molar-refractivity contribution in [3.63, 3.8) is 0 Å². The summed E-state index contributed by atoms with van der Waals surface area (Å²) in [6.07, 6.45) is 5.54. The standard InChI is InChI=1S/C20H22F2N6O3S/c1-27-10-13(9-23-27)18-25-26-20(28(18)11-14-5-4-8-30-14)32-12-17(29)24-15-6-2-3-7-16(15)31-19(21)22/h2-3,6-7,9-10,14,19H,4-5,8,11-12H2,1H3,(H,24,29). The first kappa shape index (κ1) is 22.2. The molecule has 0 bridgehead atoms. The highest BCUT2D eigenvalue weighted by atomic mass is 32.2. The van der Waals surface area contributed by atoms with E-state index in [9.17, 15) is 13.6 Å². The highest BCUT2D eigenvalue weighted by Crippen LogP contribution is 2.28. The summed E-state index contributed by atoms with van der Waals surface area (Å²) in [6.45, 7) is -1.70. The van der Waals surface area contributed by atoms with Crippen LogP contribution in [-0.2, 0) is 23.1 Å². The van der Waals surface area contributed by atoms with Gasteiger partial charge >= 0.3 is 6.61 Å². The van der Waals surface area contributed by atoms with Crippen LogP contribution in [0.4, 0.5) is 14.5 Å². The molecule has 1 fully saturated rings. The molecule has 0 radical (unpaired) electrons. The Morgan fingerprint density at radius 3 is 2.94 bits per heavy atom. The minimum absolute atomic E-state index is 0.0136. The van der Waals surface area contributed by atoms with Crippen LogP contribution >= 0.6 is 11.8 Å². The molecule has 1 aromatic carbocycles. The molecule has 2 aromatic heterocycles. The van der Waals surface area contributed by atoms with Crippen LogP contribution in [0.25, 0.3) is 11.4 Å². The fourth-order valence-electron chi connectivity index (χ4n) is 3.39. The summed E-state index contributed by atoms with van der Waals surface area (Å²) in [5.41, 5.74) is 0.989. The van der Waals surface area contributed by atoms with E-state index < -0.39 is 6.61 Å². The zero-order valence-electron chi connectivity index (χ0n) is 17.3. The molecule has 1 aliphatic rings. The number of anilines is 1. The first-order valence-electron chi connectivity index (χ1n) is 10.00. The Bertz CT molecular complexity index is 1070. The van der Waals surface area contributed by atoms with E-state index in [1.54, 1.807) is 23.0 Å². The number of para-hydroxylation sites is 2. The number of aromatic nitrogens is 5. The number of amides is 1. The van der Waals surface area contributed by atoms with Crippen LogP contribution in [0.5, 0.6) is 5.75 Å². The van der Waals surface area contributed by atoms with Crippen LogP contribution in [0.1, 0.15) is 12.8 Å². The summed E-state index contributed by atoms with van der Waals surface area (Å²) < 4.78 is 39.0. The van der Waals surface area contributed by atoms with Gasteiger partial charge in [-0.2, -0.15) is 13.9 Å². The Morgan fingerprint density at radius 1 is 1.38 bits per heavy atom. The fraction of sp³-hybridized carbons (Fsp3) is 0.400.